The van der Waals surface area contributed by atoms with E-state index in [4.69, 9.17) is 0 Å². The van der Waals surface area contributed by atoms with Crippen LogP contribution in [-0.2, 0) is 0 Å². The summed E-state index contributed by atoms with van der Waals surface area (Å²) in [6.07, 6.45) is 2.33. The maximum absolute atomic E-state index is 12.6. The van der Waals surface area contributed by atoms with Crippen LogP contribution in [0.3, 0.4) is 0 Å². The maximum atomic E-state index is 12.6. The van der Waals surface area contributed by atoms with Crippen molar-refractivity contribution in [3.05, 3.63) is 47.9 Å². The number of benzene rings is 1. The van der Waals surface area contributed by atoms with Crippen molar-refractivity contribution in [2.24, 2.45) is 0 Å². The Hall–Kier alpha value is -2.43. The first-order valence-corrected chi connectivity index (χ1v) is 7.09. The van der Waals surface area contributed by atoms with E-state index in [1.54, 1.807) is 24.9 Å². The predicted octanol–water partition coefficient (Wildman–Crippen LogP) is 2.64. The summed E-state index contributed by atoms with van der Waals surface area (Å²) in [6.45, 7) is 1.80. The summed E-state index contributed by atoms with van der Waals surface area (Å²) in [7, 11) is 1.75. The molecule has 1 heterocycles. The molecule has 0 atom stereocenters. The fourth-order valence-electron chi connectivity index (χ4n) is 2.13. The maximum Gasteiger partial charge on any atom is 0.276 e. The Morgan fingerprint density at radius 1 is 1.24 bits per heavy atom. The lowest BCUT2D eigenvalue weighted by Crippen LogP contribution is -2.27. The fraction of sp³-hybridized carbons (Fsp3) is 0.312. The molecule has 1 amide bonds. The van der Waals surface area contributed by atoms with Crippen LogP contribution in [-0.4, -0.2) is 29.0 Å². The van der Waals surface area contributed by atoms with Gasteiger partial charge in [-0.3, -0.25) is 4.79 Å². The van der Waals surface area contributed by atoms with Crippen molar-refractivity contribution in [2.75, 3.05) is 17.3 Å². The van der Waals surface area contributed by atoms with Crippen LogP contribution in [0.4, 0.5) is 11.5 Å². The zero-order valence-electron chi connectivity index (χ0n) is 12.2. The number of amides is 1. The van der Waals surface area contributed by atoms with E-state index in [1.165, 1.54) is 0 Å². The molecule has 1 aromatic heterocycles. The van der Waals surface area contributed by atoms with E-state index in [0.29, 0.717) is 17.6 Å². The van der Waals surface area contributed by atoms with Crippen molar-refractivity contribution in [2.45, 2.75) is 25.8 Å². The molecule has 5 nitrogen and oxygen atoms in total. The van der Waals surface area contributed by atoms with Gasteiger partial charge in [0.1, 0.15) is 17.3 Å². The third-order valence-electron chi connectivity index (χ3n) is 3.43. The number of aromatic nitrogens is 2. The molecule has 0 bridgehead atoms. The number of carbonyl (C=O) groups is 1. The first-order valence-electron chi connectivity index (χ1n) is 7.09. The van der Waals surface area contributed by atoms with Crippen LogP contribution >= 0.6 is 0 Å². The van der Waals surface area contributed by atoms with Gasteiger partial charge in [0.2, 0.25) is 0 Å². The summed E-state index contributed by atoms with van der Waals surface area (Å²) in [6, 6.07) is 11.8. The minimum Gasteiger partial charge on any atom is -0.367 e. The van der Waals surface area contributed by atoms with E-state index in [0.717, 1.165) is 24.3 Å². The second-order valence-electron chi connectivity index (χ2n) is 5.30. The van der Waals surface area contributed by atoms with Gasteiger partial charge in [0.05, 0.1) is 0 Å². The fourth-order valence-corrected chi connectivity index (χ4v) is 2.13. The third kappa shape index (κ3) is 3.18. The molecule has 1 aliphatic rings. The van der Waals surface area contributed by atoms with Gasteiger partial charge in [0.15, 0.2) is 0 Å². The Bertz CT molecular complexity index is 653. The van der Waals surface area contributed by atoms with Gasteiger partial charge in [-0.2, -0.15) is 0 Å². The van der Waals surface area contributed by atoms with Crippen LogP contribution in [0.25, 0.3) is 0 Å². The van der Waals surface area contributed by atoms with E-state index < -0.39 is 0 Å². The Balaban J connectivity index is 1.84. The van der Waals surface area contributed by atoms with Gasteiger partial charge in [-0.15, -0.1) is 0 Å². The normalized spacial score (nSPS) is 13.8. The van der Waals surface area contributed by atoms with Crippen LogP contribution in [0.1, 0.15) is 29.2 Å². The first-order chi connectivity index (χ1) is 10.1. The molecule has 0 aliphatic heterocycles. The highest BCUT2D eigenvalue weighted by Crippen LogP contribution is 2.24. The van der Waals surface area contributed by atoms with Crippen LogP contribution in [0.15, 0.2) is 36.4 Å². The van der Waals surface area contributed by atoms with Crippen molar-refractivity contribution in [3.8, 4) is 0 Å². The molecule has 3 rings (SSSR count). The zero-order valence-corrected chi connectivity index (χ0v) is 12.2. The highest BCUT2D eigenvalue weighted by atomic mass is 16.2. The average Bonchev–Trinajstić information content (AvgIpc) is 3.30. The topological polar surface area (TPSA) is 58.1 Å². The molecule has 5 heteroatoms. The number of para-hydroxylation sites is 1. The molecule has 1 aliphatic carbocycles. The molecule has 0 saturated heterocycles. The Morgan fingerprint density at radius 3 is 2.62 bits per heavy atom. The number of anilines is 2. The molecule has 1 saturated carbocycles. The SMILES string of the molecule is Cc1nc(NC2CC2)cc(C(=O)N(C)c2ccccc2)n1. The van der Waals surface area contributed by atoms with E-state index in [9.17, 15) is 4.79 Å². The van der Waals surface area contributed by atoms with Gasteiger partial charge in [0, 0.05) is 24.8 Å². The smallest absolute Gasteiger partial charge is 0.276 e. The highest BCUT2D eigenvalue weighted by Gasteiger charge is 2.23. The number of carbonyl (C=O) groups excluding carboxylic acids is 1. The van der Waals surface area contributed by atoms with Crippen LogP contribution in [0, 0.1) is 6.92 Å². The summed E-state index contributed by atoms with van der Waals surface area (Å²) in [5, 5.41) is 3.31. The summed E-state index contributed by atoms with van der Waals surface area (Å²) >= 11 is 0. The van der Waals surface area contributed by atoms with Gasteiger partial charge in [-0.05, 0) is 31.9 Å². The first kappa shape index (κ1) is 13.5. The Morgan fingerprint density at radius 2 is 1.95 bits per heavy atom. The summed E-state index contributed by atoms with van der Waals surface area (Å²) in [5.74, 6) is 1.20. The monoisotopic (exact) mass is 282 g/mol. The molecule has 108 valence electrons. The lowest BCUT2D eigenvalue weighted by molar-refractivity contribution is 0.0988. The molecule has 2 aromatic rings. The van der Waals surface area contributed by atoms with Gasteiger partial charge in [0.25, 0.3) is 5.91 Å². The molecule has 0 spiro atoms. The molecule has 0 unspecified atom stereocenters. The van der Waals surface area contributed by atoms with Gasteiger partial charge < -0.3 is 10.2 Å². The van der Waals surface area contributed by atoms with E-state index in [2.05, 4.69) is 15.3 Å². The van der Waals surface area contributed by atoms with E-state index >= 15 is 0 Å². The van der Waals surface area contributed by atoms with E-state index in [1.807, 2.05) is 30.3 Å². The van der Waals surface area contributed by atoms with Gasteiger partial charge in [-0.25, -0.2) is 9.97 Å². The summed E-state index contributed by atoms with van der Waals surface area (Å²) in [4.78, 5) is 22.8. The van der Waals surface area contributed by atoms with E-state index in [-0.39, 0.29) is 5.91 Å². The number of hydrogen-bond acceptors (Lipinski definition) is 4. The average molecular weight is 282 g/mol. The predicted molar refractivity (Wildman–Crippen MR) is 82.6 cm³/mol. The number of aryl methyl sites for hydroxylation is 1. The molecular weight excluding hydrogens is 264 g/mol. The Labute approximate surface area is 124 Å². The summed E-state index contributed by atoms with van der Waals surface area (Å²) in [5.41, 5.74) is 1.26. The minimum atomic E-state index is -0.134. The van der Waals surface area contributed by atoms with Crippen molar-refractivity contribution >= 4 is 17.4 Å². The largest absolute Gasteiger partial charge is 0.367 e. The Kier molecular flexibility index (Phi) is 3.56. The zero-order chi connectivity index (χ0) is 14.8. The standard InChI is InChI=1S/C16H18N4O/c1-11-17-14(10-15(18-11)19-12-8-9-12)16(21)20(2)13-6-4-3-5-7-13/h3-7,10,12H,8-9H2,1-2H3,(H,17,18,19). The van der Waals surface area contributed by atoms with Gasteiger partial charge >= 0.3 is 0 Å². The second kappa shape index (κ2) is 5.52. The second-order valence-corrected chi connectivity index (χ2v) is 5.30. The molecule has 1 aromatic carbocycles. The van der Waals surface area contributed by atoms with Gasteiger partial charge in [-0.1, -0.05) is 18.2 Å². The molecule has 1 fully saturated rings. The van der Waals surface area contributed by atoms with Crippen molar-refractivity contribution in [1.82, 2.24) is 9.97 Å². The number of nitrogens with zero attached hydrogens (tertiary/aromatic N) is 3. The van der Waals surface area contributed by atoms with Crippen LogP contribution in [0.2, 0.25) is 0 Å². The quantitative estimate of drug-likeness (QED) is 0.936. The number of hydrogen-bond donors (Lipinski definition) is 1. The van der Waals surface area contributed by atoms with Crippen LogP contribution in [0.5, 0.6) is 0 Å². The van der Waals surface area contributed by atoms with Crippen molar-refractivity contribution < 1.29 is 4.79 Å². The number of nitrogens with one attached hydrogen (secondary N) is 1. The molecule has 1 N–H and O–H groups in total. The number of rotatable bonds is 4. The lowest BCUT2D eigenvalue weighted by atomic mass is 10.2. The molecule has 21 heavy (non-hydrogen) atoms. The van der Waals surface area contributed by atoms with Crippen molar-refractivity contribution in [3.63, 3.8) is 0 Å². The minimum absolute atomic E-state index is 0.134. The lowest BCUT2D eigenvalue weighted by Gasteiger charge is -2.17. The third-order valence-corrected chi connectivity index (χ3v) is 3.43. The van der Waals surface area contributed by atoms with Crippen LogP contribution < -0.4 is 10.2 Å². The molecule has 0 radical (unpaired) electrons. The van der Waals surface area contributed by atoms with Crippen molar-refractivity contribution in [1.29, 1.82) is 0 Å². The summed E-state index contributed by atoms with van der Waals surface area (Å²) < 4.78 is 0. The highest BCUT2D eigenvalue weighted by molar-refractivity contribution is 6.04. The molecular formula is C16H18N4O.